The summed E-state index contributed by atoms with van der Waals surface area (Å²) in [7, 11) is 0. The molecule has 70 valence electrons. The van der Waals surface area contributed by atoms with E-state index < -0.39 is 17.8 Å². The van der Waals surface area contributed by atoms with Crippen molar-refractivity contribution < 1.29 is 9.90 Å². The first-order valence-corrected chi connectivity index (χ1v) is 3.35. The molecule has 0 saturated carbocycles. The average molecular weight is 184 g/mol. The number of carboxylic acid groups (broad SMARTS) is 1. The molecule has 0 spiro atoms. The lowest BCUT2D eigenvalue weighted by Crippen LogP contribution is -2.36. The van der Waals surface area contributed by atoms with Crippen LogP contribution in [-0.2, 0) is 4.79 Å². The van der Waals surface area contributed by atoms with E-state index in [4.69, 9.17) is 16.6 Å². The SMILES string of the molecule is Nc1ccn(C(N)C(=O)O)c(=O)n1. The van der Waals surface area contributed by atoms with E-state index in [1.54, 1.807) is 0 Å². The first-order valence-electron chi connectivity index (χ1n) is 3.35. The predicted molar refractivity (Wildman–Crippen MR) is 43.8 cm³/mol. The number of rotatable bonds is 2. The molecule has 1 atom stereocenters. The first kappa shape index (κ1) is 9.20. The van der Waals surface area contributed by atoms with Crippen molar-refractivity contribution in [2.24, 2.45) is 5.73 Å². The van der Waals surface area contributed by atoms with Crippen LogP contribution in [0.1, 0.15) is 6.17 Å². The minimum Gasteiger partial charge on any atom is -0.479 e. The summed E-state index contributed by atoms with van der Waals surface area (Å²) >= 11 is 0. The standard InChI is InChI=1S/C6H8N4O3/c7-3-1-2-10(6(13)9-3)4(8)5(11)12/h1-2,4H,8H2,(H,11,12)(H2,7,9,13). The van der Waals surface area contributed by atoms with Crippen molar-refractivity contribution >= 4 is 11.8 Å². The Morgan fingerprint density at radius 1 is 1.69 bits per heavy atom. The monoisotopic (exact) mass is 184 g/mol. The summed E-state index contributed by atoms with van der Waals surface area (Å²) in [5.74, 6) is -1.28. The number of carbonyl (C=O) groups is 1. The van der Waals surface area contributed by atoms with Crippen LogP contribution in [0, 0.1) is 0 Å². The van der Waals surface area contributed by atoms with Gasteiger partial charge in [0.15, 0.2) is 6.17 Å². The molecule has 0 aliphatic carbocycles. The summed E-state index contributed by atoms with van der Waals surface area (Å²) in [6.45, 7) is 0. The maximum absolute atomic E-state index is 11.0. The molecular formula is C6H8N4O3. The molecule has 1 unspecified atom stereocenters. The topological polar surface area (TPSA) is 124 Å². The van der Waals surface area contributed by atoms with Gasteiger partial charge in [0.1, 0.15) is 5.82 Å². The van der Waals surface area contributed by atoms with E-state index in [1.807, 2.05) is 0 Å². The number of aromatic nitrogens is 2. The summed E-state index contributed by atoms with van der Waals surface area (Å²) in [4.78, 5) is 24.7. The van der Waals surface area contributed by atoms with Crippen LogP contribution in [0.2, 0.25) is 0 Å². The minimum atomic E-state index is -1.43. The number of nitrogens with two attached hydrogens (primary N) is 2. The second-order valence-electron chi connectivity index (χ2n) is 2.33. The summed E-state index contributed by atoms with van der Waals surface area (Å²) in [5, 5.41) is 8.49. The van der Waals surface area contributed by atoms with Crippen LogP contribution >= 0.6 is 0 Å². The van der Waals surface area contributed by atoms with Crippen molar-refractivity contribution in [2.75, 3.05) is 5.73 Å². The highest BCUT2D eigenvalue weighted by atomic mass is 16.4. The summed E-state index contributed by atoms with van der Waals surface area (Å²) in [6.07, 6.45) is -0.246. The Bertz CT molecular complexity index is 386. The Morgan fingerprint density at radius 2 is 2.31 bits per heavy atom. The van der Waals surface area contributed by atoms with E-state index in [2.05, 4.69) is 4.98 Å². The second-order valence-corrected chi connectivity index (χ2v) is 2.33. The zero-order valence-electron chi connectivity index (χ0n) is 6.54. The van der Waals surface area contributed by atoms with E-state index in [-0.39, 0.29) is 5.82 Å². The smallest absolute Gasteiger partial charge is 0.351 e. The van der Waals surface area contributed by atoms with Gasteiger partial charge in [-0.05, 0) is 6.07 Å². The van der Waals surface area contributed by atoms with Crippen LogP contribution in [0.4, 0.5) is 5.82 Å². The molecule has 0 saturated heterocycles. The maximum Gasteiger partial charge on any atom is 0.351 e. The van der Waals surface area contributed by atoms with E-state index in [0.717, 1.165) is 4.57 Å². The van der Waals surface area contributed by atoms with Gasteiger partial charge in [-0.1, -0.05) is 0 Å². The number of nitrogens with zero attached hydrogens (tertiary/aromatic N) is 2. The summed E-state index contributed by atoms with van der Waals surface area (Å²) in [5.41, 5.74) is 9.58. The molecule has 1 aromatic heterocycles. The Labute approximate surface area is 72.6 Å². The molecule has 0 aliphatic heterocycles. The normalized spacial score (nSPS) is 12.4. The zero-order valence-corrected chi connectivity index (χ0v) is 6.54. The van der Waals surface area contributed by atoms with Gasteiger partial charge in [0.25, 0.3) is 0 Å². The molecule has 5 N–H and O–H groups in total. The maximum atomic E-state index is 11.0. The summed E-state index contributed by atoms with van der Waals surface area (Å²) in [6, 6.07) is 1.30. The van der Waals surface area contributed by atoms with Gasteiger partial charge >= 0.3 is 11.7 Å². The van der Waals surface area contributed by atoms with E-state index in [0.29, 0.717) is 0 Å². The largest absolute Gasteiger partial charge is 0.479 e. The van der Waals surface area contributed by atoms with Gasteiger partial charge in [-0.3, -0.25) is 4.57 Å². The van der Waals surface area contributed by atoms with Crippen LogP contribution in [0.5, 0.6) is 0 Å². The van der Waals surface area contributed by atoms with Gasteiger partial charge in [0.2, 0.25) is 0 Å². The van der Waals surface area contributed by atoms with Crippen molar-refractivity contribution in [3.05, 3.63) is 22.7 Å². The Hall–Kier alpha value is -1.89. The van der Waals surface area contributed by atoms with E-state index >= 15 is 0 Å². The number of nitrogen functional groups attached to an aromatic ring is 1. The van der Waals surface area contributed by atoms with Crippen molar-refractivity contribution in [1.82, 2.24) is 9.55 Å². The third-order valence-electron chi connectivity index (χ3n) is 1.40. The average Bonchev–Trinajstić information content (AvgIpc) is 2.03. The van der Waals surface area contributed by atoms with Gasteiger partial charge < -0.3 is 16.6 Å². The zero-order chi connectivity index (χ0) is 10.0. The van der Waals surface area contributed by atoms with Crippen LogP contribution in [0.25, 0.3) is 0 Å². The summed E-state index contributed by atoms with van der Waals surface area (Å²) < 4.78 is 0.776. The lowest BCUT2D eigenvalue weighted by atomic mass is 10.5. The first-order chi connectivity index (χ1) is 6.02. The third-order valence-corrected chi connectivity index (χ3v) is 1.40. The van der Waals surface area contributed by atoms with Gasteiger partial charge in [-0.25, -0.2) is 9.59 Å². The van der Waals surface area contributed by atoms with Crippen molar-refractivity contribution in [3.8, 4) is 0 Å². The Morgan fingerprint density at radius 3 is 2.77 bits per heavy atom. The molecule has 0 radical (unpaired) electrons. The lowest BCUT2D eigenvalue weighted by Gasteiger charge is -2.08. The number of hydrogen-bond acceptors (Lipinski definition) is 5. The number of carboxylic acids is 1. The van der Waals surface area contributed by atoms with Crippen molar-refractivity contribution in [1.29, 1.82) is 0 Å². The Kier molecular flexibility index (Phi) is 2.29. The quantitative estimate of drug-likeness (QED) is 0.506. The molecule has 1 rings (SSSR count). The molecule has 13 heavy (non-hydrogen) atoms. The fourth-order valence-electron chi connectivity index (χ4n) is 0.757. The molecule has 7 heteroatoms. The fourth-order valence-corrected chi connectivity index (χ4v) is 0.757. The minimum absolute atomic E-state index is 0.0267. The van der Waals surface area contributed by atoms with E-state index in [9.17, 15) is 9.59 Å². The van der Waals surface area contributed by atoms with Gasteiger partial charge in [-0.15, -0.1) is 0 Å². The highest BCUT2D eigenvalue weighted by molar-refractivity contribution is 5.70. The molecule has 7 nitrogen and oxygen atoms in total. The third kappa shape index (κ3) is 1.82. The van der Waals surface area contributed by atoms with Gasteiger partial charge in [0, 0.05) is 6.20 Å². The molecule has 1 heterocycles. The molecule has 0 fully saturated rings. The van der Waals surface area contributed by atoms with Gasteiger partial charge in [-0.2, -0.15) is 4.98 Å². The molecular weight excluding hydrogens is 176 g/mol. The number of aliphatic carboxylic acids is 1. The fraction of sp³-hybridized carbons (Fsp3) is 0.167. The lowest BCUT2D eigenvalue weighted by molar-refractivity contribution is -0.140. The molecule has 0 bridgehead atoms. The Balaban J connectivity index is 3.16. The van der Waals surface area contributed by atoms with Crippen molar-refractivity contribution in [2.45, 2.75) is 6.17 Å². The van der Waals surface area contributed by atoms with Crippen LogP contribution in [0.3, 0.4) is 0 Å². The van der Waals surface area contributed by atoms with Crippen LogP contribution in [-0.4, -0.2) is 20.6 Å². The highest BCUT2D eigenvalue weighted by Gasteiger charge is 2.14. The molecule has 1 aromatic rings. The molecule has 0 amide bonds. The molecule has 0 aliphatic rings. The number of hydrogen-bond donors (Lipinski definition) is 3. The highest BCUT2D eigenvalue weighted by Crippen LogP contribution is 1.95. The number of anilines is 1. The van der Waals surface area contributed by atoms with E-state index in [1.165, 1.54) is 12.3 Å². The van der Waals surface area contributed by atoms with Crippen molar-refractivity contribution in [3.63, 3.8) is 0 Å². The predicted octanol–water partition coefficient (Wildman–Crippen LogP) is -1.63. The van der Waals surface area contributed by atoms with Crippen LogP contribution in [0.15, 0.2) is 17.1 Å². The van der Waals surface area contributed by atoms with Gasteiger partial charge in [0.05, 0.1) is 0 Å². The van der Waals surface area contributed by atoms with Crippen LogP contribution < -0.4 is 17.2 Å². The second kappa shape index (κ2) is 3.23. The molecule has 0 aromatic carbocycles.